The predicted octanol–water partition coefficient (Wildman–Crippen LogP) is 4.03. The van der Waals surface area contributed by atoms with E-state index in [4.69, 9.17) is 0 Å². The van der Waals surface area contributed by atoms with Gasteiger partial charge < -0.3 is 5.32 Å². The van der Waals surface area contributed by atoms with Crippen LogP contribution in [0.4, 0.5) is 5.69 Å². The molecular weight excluding hydrogens is 206 g/mol. The number of nitrogens with one attached hydrogen (secondary N) is 1. The summed E-state index contributed by atoms with van der Waals surface area (Å²) in [7, 11) is 1.99. The fourth-order valence-electron chi connectivity index (χ4n) is 3.06. The van der Waals surface area contributed by atoms with E-state index < -0.39 is 0 Å². The first-order valence-corrected chi connectivity index (χ1v) is 6.07. The maximum atomic E-state index is 3.32. The predicted molar refractivity (Wildman–Crippen MR) is 73.6 cm³/mol. The van der Waals surface area contributed by atoms with E-state index in [9.17, 15) is 0 Å². The zero-order valence-corrected chi connectivity index (χ0v) is 10.5. The van der Waals surface area contributed by atoms with Gasteiger partial charge in [-0.1, -0.05) is 50.2 Å². The van der Waals surface area contributed by atoms with Gasteiger partial charge in [-0.2, -0.15) is 0 Å². The third-order valence-corrected chi connectivity index (χ3v) is 3.85. The average molecular weight is 223 g/mol. The highest BCUT2D eigenvalue weighted by molar-refractivity contribution is 5.85. The topological polar surface area (TPSA) is 12.0 Å². The minimum Gasteiger partial charge on any atom is -0.388 e. The molecule has 0 bridgehead atoms. The quantitative estimate of drug-likeness (QED) is 0.769. The van der Waals surface area contributed by atoms with Crippen LogP contribution in [-0.4, -0.2) is 7.05 Å². The van der Waals surface area contributed by atoms with Gasteiger partial charge in [0.05, 0.1) is 0 Å². The Hall–Kier alpha value is -1.76. The van der Waals surface area contributed by atoms with E-state index in [1.165, 1.54) is 27.9 Å². The van der Waals surface area contributed by atoms with Crippen molar-refractivity contribution >= 4 is 5.69 Å². The summed E-state index contributed by atoms with van der Waals surface area (Å²) in [5.74, 6) is 0. The molecule has 1 aliphatic carbocycles. The molecule has 0 unspecified atom stereocenters. The van der Waals surface area contributed by atoms with Crippen molar-refractivity contribution in [2.45, 2.75) is 19.3 Å². The number of hydrogen-bond donors (Lipinski definition) is 1. The summed E-state index contributed by atoms with van der Waals surface area (Å²) in [6.45, 7) is 4.61. The van der Waals surface area contributed by atoms with Crippen molar-refractivity contribution in [2.75, 3.05) is 12.4 Å². The molecule has 0 saturated carbocycles. The van der Waals surface area contributed by atoms with Gasteiger partial charge in [-0.25, -0.2) is 0 Å². The second-order valence-electron chi connectivity index (χ2n) is 5.15. The lowest BCUT2D eigenvalue weighted by Gasteiger charge is -2.23. The monoisotopic (exact) mass is 223 g/mol. The number of fused-ring (bicyclic) bond motifs is 3. The van der Waals surface area contributed by atoms with Gasteiger partial charge >= 0.3 is 0 Å². The second kappa shape index (κ2) is 3.36. The van der Waals surface area contributed by atoms with Gasteiger partial charge in [-0.3, -0.25) is 0 Å². The number of anilines is 1. The van der Waals surface area contributed by atoms with Crippen LogP contribution in [0.5, 0.6) is 0 Å². The molecule has 0 amide bonds. The van der Waals surface area contributed by atoms with Gasteiger partial charge in [0.2, 0.25) is 0 Å². The molecule has 0 aliphatic heterocycles. The Bertz CT molecular complexity index is 582. The van der Waals surface area contributed by atoms with Crippen molar-refractivity contribution in [2.24, 2.45) is 0 Å². The number of benzene rings is 2. The molecule has 0 saturated heterocycles. The lowest BCUT2D eigenvalue weighted by atomic mass is 9.81. The van der Waals surface area contributed by atoms with E-state index in [-0.39, 0.29) is 5.41 Å². The molecule has 0 aromatic heterocycles. The smallest absolute Gasteiger partial charge is 0.0385 e. The molecule has 2 aromatic rings. The van der Waals surface area contributed by atoms with Gasteiger partial charge in [0.1, 0.15) is 0 Å². The van der Waals surface area contributed by atoms with Crippen LogP contribution in [0, 0.1) is 0 Å². The van der Waals surface area contributed by atoms with Gasteiger partial charge in [0.15, 0.2) is 0 Å². The summed E-state index contributed by atoms with van der Waals surface area (Å²) >= 11 is 0. The minimum atomic E-state index is 0.0888. The third-order valence-electron chi connectivity index (χ3n) is 3.85. The lowest BCUT2D eigenvalue weighted by Crippen LogP contribution is -2.16. The zero-order valence-electron chi connectivity index (χ0n) is 10.5. The summed E-state index contributed by atoms with van der Waals surface area (Å²) in [5, 5.41) is 3.32. The largest absolute Gasteiger partial charge is 0.388 e. The molecular formula is C16H17N. The summed E-state index contributed by atoms with van der Waals surface area (Å²) in [6, 6.07) is 15.2. The van der Waals surface area contributed by atoms with Crippen LogP contribution in [0.3, 0.4) is 0 Å². The fraction of sp³-hybridized carbons (Fsp3) is 0.250. The van der Waals surface area contributed by atoms with E-state index in [0.717, 1.165) is 0 Å². The molecule has 0 radical (unpaired) electrons. The zero-order chi connectivity index (χ0) is 12.0. The second-order valence-corrected chi connectivity index (χ2v) is 5.15. The molecule has 1 nitrogen and oxygen atoms in total. The summed E-state index contributed by atoms with van der Waals surface area (Å²) in [5.41, 5.74) is 6.93. The molecule has 86 valence electrons. The first-order valence-electron chi connectivity index (χ1n) is 6.07. The van der Waals surface area contributed by atoms with Gasteiger partial charge in [-0.05, 0) is 28.3 Å². The Morgan fingerprint density at radius 2 is 1.59 bits per heavy atom. The van der Waals surface area contributed by atoms with Gasteiger partial charge in [0.25, 0.3) is 0 Å². The summed E-state index contributed by atoms with van der Waals surface area (Å²) in [6.07, 6.45) is 0. The molecule has 17 heavy (non-hydrogen) atoms. The Labute approximate surface area is 102 Å². The molecule has 0 spiro atoms. The van der Waals surface area contributed by atoms with E-state index in [1.54, 1.807) is 0 Å². The van der Waals surface area contributed by atoms with Crippen molar-refractivity contribution in [1.29, 1.82) is 0 Å². The normalized spacial score (nSPS) is 15.2. The van der Waals surface area contributed by atoms with Crippen molar-refractivity contribution in [3.05, 3.63) is 53.6 Å². The van der Waals surface area contributed by atoms with Crippen molar-refractivity contribution in [1.82, 2.24) is 0 Å². The van der Waals surface area contributed by atoms with Crippen LogP contribution in [0.25, 0.3) is 11.1 Å². The van der Waals surface area contributed by atoms with Crippen molar-refractivity contribution in [3.63, 3.8) is 0 Å². The fourth-order valence-corrected chi connectivity index (χ4v) is 3.06. The molecule has 1 aliphatic rings. The van der Waals surface area contributed by atoms with Crippen LogP contribution in [0.15, 0.2) is 42.5 Å². The van der Waals surface area contributed by atoms with E-state index in [0.29, 0.717) is 0 Å². The maximum absolute atomic E-state index is 3.32. The average Bonchev–Trinajstić information content (AvgIpc) is 2.60. The molecule has 0 atom stereocenters. The first kappa shape index (κ1) is 10.4. The molecule has 3 rings (SSSR count). The maximum Gasteiger partial charge on any atom is 0.0385 e. The Kier molecular flexibility index (Phi) is 2.06. The highest BCUT2D eigenvalue weighted by Crippen LogP contribution is 2.51. The van der Waals surface area contributed by atoms with E-state index in [2.05, 4.69) is 61.6 Å². The highest BCUT2D eigenvalue weighted by atomic mass is 14.8. The lowest BCUT2D eigenvalue weighted by molar-refractivity contribution is 0.662. The van der Waals surface area contributed by atoms with Crippen LogP contribution < -0.4 is 5.32 Å². The first-order chi connectivity index (χ1) is 8.16. The van der Waals surface area contributed by atoms with Crippen molar-refractivity contribution in [3.8, 4) is 11.1 Å². The molecule has 0 heterocycles. The Balaban J connectivity index is 2.39. The van der Waals surface area contributed by atoms with Gasteiger partial charge in [0, 0.05) is 18.2 Å². The van der Waals surface area contributed by atoms with Crippen LogP contribution >= 0.6 is 0 Å². The Morgan fingerprint density at radius 3 is 2.35 bits per heavy atom. The summed E-state index contributed by atoms with van der Waals surface area (Å²) < 4.78 is 0. The van der Waals surface area contributed by atoms with Crippen LogP contribution in [0.1, 0.15) is 25.0 Å². The van der Waals surface area contributed by atoms with Crippen LogP contribution in [-0.2, 0) is 5.41 Å². The molecule has 1 heteroatoms. The molecule has 1 N–H and O–H groups in total. The van der Waals surface area contributed by atoms with Crippen LogP contribution in [0.2, 0.25) is 0 Å². The molecule has 0 fully saturated rings. The minimum absolute atomic E-state index is 0.0888. The van der Waals surface area contributed by atoms with Gasteiger partial charge in [-0.15, -0.1) is 0 Å². The standard InChI is InChI=1S/C16H17N/c1-16(2)13-9-5-4-7-11(13)12-8-6-10-14(17-3)15(12)16/h4-10,17H,1-3H3. The number of rotatable bonds is 1. The Morgan fingerprint density at radius 1 is 0.882 bits per heavy atom. The summed E-state index contributed by atoms with van der Waals surface area (Å²) in [4.78, 5) is 0. The van der Waals surface area contributed by atoms with Crippen molar-refractivity contribution < 1.29 is 0 Å². The van der Waals surface area contributed by atoms with E-state index in [1.807, 2.05) is 7.05 Å². The SMILES string of the molecule is CNc1cccc2c1C(C)(C)c1ccccc1-2. The third kappa shape index (κ3) is 1.25. The molecule has 2 aromatic carbocycles. The number of hydrogen-bond acceptors (Lipinski definition) is 1. The highest BCUT2D eigenvalue weighted by Gasteiger charge is 2.36. The van der Waals surface area contributed by atoms with E-state index >= 15 is 0 Å².